The van der Waals surface area contributed by atoms with E-state index >= 15 is 0 Å². The SMILES string of the molecule is CCN(CCO)C(=O)CCC1=C2C=NC=C[N+]2(N)C(C(=O)O)=N1. The number of carboxylic acids is 1. The number of allylic oxidation sites excluding steroid dienone is 2. The van der Waals surface area contributed by atoms with Crippen molar-refractivity contribution < 1.29 is 24.4 Å². The largest absolute Gasteiger partial charge is 0.472 e. The van der Waals surface area contributed by atoms with Crippen molar-refractivity contribution in [1.29, 1.82) is 0 Å². The van der Waals surface area contributed by atoms with Crippen molar-refractivity contribution in [2.45, 2.75) is 19.8 Å². The molecule has 0 aromatic heterocycles. The fourth-order valence-corrected chi connectivity index (χ4v) is 2.53. The van der Waals surface area contributed by atoms with Crippen LogP contribution in [-0.4, -0.2) is 63.3 Å². The molecule has 0 radical (unpaired) electrons. The molecule has 0 fully saturated rings. The van der Waals surface area contributed by atoms with E-state index in [9.17, 15) is 14.7 Å². The van der Waals surface area contributed by atoms with Crippen LogP contribution < -0.4 is 5.84 Å². The highest BCUT2D eigenvalue weighted by molar-refractivity contribution is 6.32. The number of likely N-dealkylation sites (N-methyl/N-ethyl adjacent to an activating group) is 1. The van der Waals surface area contributed by atoms with Gasteiger partial charge in [-0.25, -0.2) is 4.79 Å². The van der Waals surface area contributed by atoms with Crippen LogP contribution in [0.1, 0.15) is 19.8 Å². The number of aliphatic carboxylic acids is 1. The summed E-state index contributed by atoms with van der Waals surface area (Å²) in [5.41, 5.74) is 0.884. The smallest absolute Gasteiger partial charge is 0.414 e. The average molecular weight is 322 g/mol. The summed E-state index contributed by atoms with van der Waals surface area (Å²) >= 11 is 0. The van der Waals surface area contributed by atoms with Gasteiger partial charge in [-0.05, 0) is 6.92 Å². The van der Waals surface area contributed by atoms with E-state index in [4.69, 9.17) is 10.9 Å². The van der Waals surface area contributed by atoms with E-state index in [0.29, 0.717) is 17.9 Å². The highest BCUT2D eigenvalue weighted by Gasteiger charge is 2.47. The number of carboxylic acid groups (broad SMARTS) is 1. The quantitative estimate of drug-likeness (QED) is 0.432. The van der Waals surface area contributed by atoms with Crippen LogP contribution in [-0.2, 0) is 9.59 Å². The van der Waals surface area contributed by atoms with Crippen LogP contribution in [0.2, 0.25) is 0 Å². The third-order valence-electron chi connectivity index (χ3n) is 3.74. The molecule has 124 valence electrons. The van der Waals surface area contributed by atoms with E-state index < -0.39 is 10.6 Å². The van der Waals surface area contributed by atoms with E-state index in [-0.39, 0.29) is 37.7 Å². The molecule has 9 nitrogen and oxygen atoms in total. The molecule has 2 heterocycles. The van der Waals surface area contributed by atoms with Gasteiger partial charge in [0, 0.05) is 25.9 Å². The molecule has 0 aromatic carbocycles. The van der Waals surface area contributed by atoms with Gasteiger partial charge in [-0.15, -0.1) is 4.59 Å². The van der Waals surface area contributed by atoms with Gasteiger partial charge in [-0.1, -0.05) is 0 Å². The number of fused-ring (bicyclic) bond motifs is 1. The number of aliphatic hydroxyl groups is 1. The summed E-state index contributed by atoms with van der Waals surface area (Å²) in [7, 11) is 0. The number of carbonyl (C=O) groups excluding carboxylic acids is 1. The highest BCUT2D eigenvalue weighted by Crippen LogP contribution is 2.30. The average Bonchev–Trinajstić information content (AvgIpc) is 2.83. The first-order valence-corrected chi connectivity index (χ1v) is 7.27. The number of nitrogens with zero attached hydrogens (tertiary/aromatic N) is 4. The van der Waals surface area contributed by atoms with Gasteiger partial charge < -0.3 is 15.1 Å². The van der Waals surface area contributed by atoms with Gasteiger partial charge in [0.2, 0.25) is 11.6 Å². The first-order valence-electron chi connectivity index (χ1n) is 7.27. The van der Waals surface area contributed by atoms with Gasteiger partial charge in [0.25, 0.3) is 0 Å². The predicted molar refractivity (Wildman–Crippen MR) is 82.8 cm³/mol. The van der Waals surface area contributed by atoms with Gasteiger partial charge in [0.05, 0.1) is 19.0 Å². The van der Waals surface area contributed by atoms with E-state index in [1.165, 1.54) is 23.5 Å². The number of carbonyl (C=O) groups is 2. The van der Waals surface area contributed by atoms with E-state index in [2.05, 4.69) is 9.98 Å². The number of nitrogens with two attached hydrogens (primary N) is 1. The second-order valence-electron chi connectivity index (χ2n) is 5.12. The number of aliphatic hydroxyl groups excluding tert-OH is 1. The van der Waals surface area contributed by atoms with E-state index in [1.54, 1.807) is 0 Å². The maximum Gasteiger partial charge on any atom is 0.414 e. The molecule has 0 spiro atoms. The lowest BCUT2D eigenvalue weighted by Gasteiger charge is -2.24. The Morgan fingerprint density at radius 1 is 1.43 bits per heavy atom. The van der Waals surface area contributed by atoms with E-state index in [0.717, 1.165) is 0 Å². The Morgan fingerprint density at radius 2 is 2.17 bits per heavy atom. The number of aliphatic imine (C=N–C) groups is 2. The Morgan fingerprint density at radius 3 is 2.78 bits per heavy atom. The zero-order valence-electron chi connectivity index (χ0n) is 12.8. The fourth-order valence-electron chi connectivity index (χ4n) is 2.53. The lowest BCUT2D eigenvalue weighted by Crippen LogP contribution is -2.55. The van der Waals surface area contributed by atoms with Crippen molar-refractivity contribution in [1.82, 2.24) is 4.90 Å². The zero-order valence-corrected chi connectivity index (χ0v) is 12.8. The third kappa shape index (κ3) is 3.21. The molecule has 0 bridgehead atoms. The van der Waals surface area contributed by atoms with Crippen molar-refractivity contribution in [3.63, 3.8) is 0 Å². The number of amidine groups is 1. The molecule has 0 saturated carbocycles. The lowest BCUT2D eigenvalue weighted by atomic mass is 10.2. The van der Waals surface area contributed by atoms with Crippen molar-refractivity contribution >= 4 is 23.9 Å². The zero-order chi connectivity index (χ0) is 17.0. The molecule has 1 atom stereocenters. The normalized spacial score (nSPS) is 22.1. The minimum Gasteiger partial charge on any atom is -0.472 e. The van der Waals surface area contributed by atoms with Crippen molar-refractivity contribution in [2.75, 3.05) is 19.7 Å². The summed E-state index contributed by atoms with van der Waals surface area (Å²) in [6, 6.07) is 0. The van der Waals surface area contributed by atoms with Gasteiger partial charge in [-0.3, -0.25) is 9.79 Å². The number of hydrogen-bond donors (Lipinski definition) is 3. The van der Waals surface area contributed by atoms with Crippen molar-refractivity contribution in [3.05, 3.63) is 23.8 Å². The molecule has 1 amide bonds. The Bertz CT molecular complexity index is 637. The first kappa shape index (κ1) is 17.0. The van der Waals surface area contributed by atoms with Crippen LogP contribution in [0.15, 0.2) is 33.8 Å². The first-order chi connectivity index (χ1) is 10.9. The monoisotopic (exact) mass is 322 g/mol. The second-order valence-corrected chi connectivity index (χ2v) is 5.12. The molecule has 0 saturated heterocycles. The minimum atomic E-state index is -1.22. The van der Waals surface area contributed by atoms with Crippen LogP contribution >= 0.6 is 0 Å². The Labute approximate surface area is 133 Å². The molecular weight excluding hydrogens is 302 g/mol. The van der Waals surface area contributed by atoms with Crippen LogP contribution in [0.25, 0.3) is 0 Å². The Balaban J connectivity index is 2.17. The highest BCUT2D eigenvalue weighted by atomic mass is 16.4. The number of amides is 1. The topological polar surface area (TPSA) is 129 Å². The van der Waals surface area contributed by atoms with E-state index in [1.807, 2.05) is 6.92 Å². The second kappa shape index (κ2) is 6.82. The van der Waals surface area contributed by atoms with Crippen LogP contribution in [0.5, 0.6) is 0 Å². The summed E-state index contributed by atoms with van der Waals surface area (Å²) in [6.07, 6.45) is 4.71. The molecule has 0 aliphatic carbocycles. The fraction of sp³-hybridized carbons (Fsp3) is 0.429. The maximum absolute atomic E-state index is 12.1. The maximum atomic E-state index is 12.1. The number of quaternary nitrogens is 1. The number of hydrogen-bond acceptors (Lipinski definition) is 6. The van der Waals surface area contributed by atoms with Gasteiger partial charge in [0.1, 0.15) is 11.9 Å². The molecule has 4 N–H and O–H groups in total. The number of rotatable bonds is 7. The van der Waals surface area contributed by atoms with Crippen molar-refractivity contribution in [3.8, 4) is 0 Å². The van der Waals surface area contributed by atoms with Crippen LogP contribution in [0.4, 0.5) is 0 Å². The molecule has 2 aliphatic heterocycles. The summed E-state index contributed by atoms with van der Waals surface area (Å²) in [4.78, 5) is 33.1. The minimum absolute atomic E-state index is 0.102. The predicted octanol–water partition coefficient (Wildman–Crippen LogP) is -0.438. The van der Waals surface area contributed by atoms with Gasteiger partial charge in [0.15, 0.2) is 0 Å². The Hall–Kier alpha value is -2.36. The van der Waals surface area contributed by atoms with Crippen LogP contribution in [0, 0.1) is 0 Å². The molecule has 1 unspecified atom stereocenters. The standard InChI is InChI=1S/C14H19N5O4/c1-2-18(6-8-20)12(21)4-3-10-11-9-16-5-7-19(11,15)13(17-10)14(22)23/h5,7,9,20H,2-4,6,8,15H2,1H3/p+1. The molecule has 2 rings (SSSR count). The van der Waals surface area contributed by atoms with Crippen molar-refractivity contribution in [2.24, 2.45) is 15.8 Å². The summed E-state index contributed by atoms with van der Waals surface area (Å²) in [6.45, 7) is 2.49. The van der Waals surface area contributed by atoms with Crippen LogP contribution in [0.3, 0.4) is 0 Å². The molecule has 9 heteroatoms. The molecular formula is C14H20N5O4+. The summed E-state index contributed by atoms with van der Waals surface area (Å²) < 4.78 is -0.545. The molecule has 23 heavy (non-hydrogen) atoms. The molecule has 0 aromatic rings. The summed E-state index contributed by atoms with van der Waals surface area (Å²) in [5.74, 6) is 4.52. The third-order valence-corrected chi connectivity index (χ3v) is 3.74. The van der Waals surface area contributed by atoms with Gasteiger partial charge in [-0.2, -0.15) is 10.8 Å². The summed E-state index contributed by atoms with van der Waals surface area (Å²) in [5, 5.41) is 18.2. The molecule has 2 aliphatic rings. The Kier molecular flexibility index (Phi) is 5.04. The lowest BCUT2D eigenvalue weighted by molar-refractivity contribution is -0.749. The van der Waals surface area contributed by atoms with Gasteiger partial charge >= 0.3 is 11.8 Å².